The highest BCUT2D eigenvalue weighted by Gasteiger charge is 2.41. The van der Waals surface area contributed by atoms with Crippen molar-refractivity contribution < 1.29 is 14.7 Å². The number of amides is 1. The molecule has 1 heterocycles. The third-order valence-electron chi connectivity index (χ3n) is 3.62. The van der Waals surface area contributed by atoms with Gasteiger partial charge in [0.1, 0.15) is 5.54 Å². The minimum Gasteiger partial charge on any atom is -0.480 e. The van der Waals surface area contributed by atoms with Gasteiger partial charge in [-0.2, -0.15) is 0 Å². The van der Waals surface area contributed by atoms with E-state index < -0.39 is 11.5 Å². The van der Waals surface area contributed by atoms with Crippen LogP contribution < -0.4 is 5.32 Å². The second kappa shape index (κ2) is 5.04. The van der Waals surface area contributed by atoms with E-state index in [1.165, 1.54) is 4.90 Å². The van der Waals surface area contributed by atoms with Crippen molar-refractivity contribution in [1.82, 2.24) is 10.2 Å². The van der Waals surface area contributed by atoms with E-state index >= 15 is 0 Å². The summed E-state index contributed by atoms with van der Waals surface area (Å²) in [4.78, 5) is 25.0. The number of aliphatic carboxylic acids is 1. The Labute approximate surface area is 102 Å². The first kappa shape index (κ1) is 14.0. The molecule has 0 aliphatic carbocycles. The lowest BCUT2D eigenvalue weighted by Gasteiger charge is -2.36. The minimum absolute atomic E-state index is 0.0580. The van der Waals surface area contributed by atoms with Crippen LogP contribution in [0.4, 0.5) is 0 Å². The van der Waals surface area contributed by atoms with Gasteiger partial charge < -0.3 is 15.3 Å². The van der Waals surface area contributed by atoms with E-state index in [1.807, 2.05) is 13.8 Å². The highest BCUT2D eigenvalue weighted by Crippen LogP contribution is 2.23. The molecule has 1 amide bonds. The van der Waals surface area contributed by atoms with Crippen molar-refractivity contribution in [3.8, 4) is 0 Å². The van der Waals surface area contributed by atoms with Crippen molar-refractivity contribution in [3.05, 3.63) is 0 Å². The number of carbonyl (C=O) groups is 2. The van der Waals surface area contributed by atoms with E-state index in [0.717, 1.165) is 6.54 Å². The largest absolute Gasteiger partial charge is 0.480 e. The smallest absolute Gasteiger partial charge is 0.329 e. The van der Waals surface area contributed by atoms with Gasteiger partial charge in [0.15, 0.2) is 0 Å². The fourth-order valence-corrected chi connectivity index (χ4v) is 2.28. The maximum atomic E-state index is 12.4. The zero-order chi connectivity index (χ0) is 13.2. The van der Waals surface area contributed by atoms with Crippen molar-refractivity contribution >= 4 is 11.9 Å². The second-order valence-electron chi connectivity index (χ2n) is 5.19. The molecular weight excluding hydrogens is 220 g/mol. The highest BCUT2D eigenvalue weighted by molar-refractivity contribution is 5.88. The fourth-order valence-electron chi connectivity index (χ4n) is 2.28. The Balaban J connectivity index is 2.87. The summed E-state index contributed by atoms with van der Waals surface area (Å²) in [5, 5.41) is 12.4. The first-order valence-corrected chi connectivity index (χ1v) is 6.08. The predicted octanol–water partition coefficient (Wildman–Crippen LogP) is 0.554. The summed E-state index contributed by atoms with van der Waals surface area (Å²) in [6.07, 6.45) is 0. The molecule has 98 valence electrons. The average Bonchev–Trinajstić information content (AvgIpc) is 2.64. The summed E-state index contributed by atoms with van der Waals surface area (Å²) in [6.45, 7) is 8.86. The quantitative estimate of drug-likeness (QED) is 0.755. The number of likely N-dealkylation sites (N-methyl/N-ethyl adjacent to an activating group) is 1. The molecule has 1 aliphatic rings. The van der Waals surface area contributed by atoms with Gasteiger partial charge in [0, 0.05) is 13.1 Å². The van der Waals surface area contributed by atoms with Crippen LogP contribution in [0.1, 0.15) is 27.7 Å². The lowest BCUT2D eigenvalue weighted by Crippen LogP contribution is -2.55. The molecule has 0 aromatic carbocycles. The van der Waals surface area contributed by atoms with E-state index in [4.69, 9.17) is 0 Å². The van der Waals surface area contributed by atoms with Gasteiger partial charge in [0.05, 0.1) is 5.92 Å². The van der Waals surface area contributed by atoms with Gasteiger partial charge in [-0.3, -0.25) is 4.79 Å². The van der Waals surface area contributed by atoms with Crippen LogP contribution in [-0.2, 0) is 9.59 Å². The third-order valence-corrected chi connectivity index (χ3v) is 3.62. The summed E-state index contributed by atoms with van der Waals surface area (Å²) < 4.78 is 0. The van der Waals surface area contributed by atoms with Gasteiger partial charge in [-0.25, -0.2) is 4.79 Å². The number of nitrogens with one attached hydrogen (secondary N) is 1. The van der Waals surface area contributed by atoms with Crippen LogP contribution in [0.3, 0.4) is 0 Å². The molecule has 5 nitrogen and oxygen atoms in total. The Hall–Kier alpha value is -1.10. The van der Waals surface area contributed by atoms with Crippen molar-refractivity contribution in [2.75, 3.05) is 19.6 Å². The molecule has 1 rings (SSSR count). The van der Waals surface area contributed by atoms with Crippen molar-refractivity contribution in [2.45, 2.75) is 33.2 Å². The predicted molar refractivity (Wildman–Crippen MR) is 64.6 cm³/mol. The number of carboxylic acids is 1. The van der Waals surface area contributed by atoms with Gasteiger partial charge in [0.25, 0.3) is 0 Å². The number of hydrogen-bond acceptors (Lipinski definition) is 3. The van der Waals surface area contributed by atoms with Gasteiger partial charge in [0.2, 0.25) is 5.91 Å². The molecule has 0 aromatic rings. The molecular formula is C12H22N2O3. The average molecular weight is 242 g/mol. The first-order chi connectivity index (χ1) is 7.82. The summed E-state index contributed by atoms with van der Waals surface area (Å²) in [5.74, 6) is -0.863. The first-order valence-electron chi connectivity index (χ1n) is 6.08. The van der Waals surface area contributed by atoms with Crippen molar-refractivity contribution in [3.63, 3.8) is 0 Å². The van der Waals surface area contributed by atoms with Gasteiger partial charge in [-0.1, -0.05) is 6.92 Å². The molecule has 5 heteroatoms. The molecule has 0 radical (unpaired) electrons. The molecule has 0 bridgehead atoms. The number of carboxylic acid groups (broad SMARTS) is 1. The van der Waals surface area contributed by atoms with E-state index in [9.17, 15) is 14.7 Å². The molecule has 0 saturated carbocycles. The van der Waals surface area contributed by atoms with Crippen LogP contribution in [0.15, 0.2) is 0 Å². The Morgan fingerprint density at radius 1 is 1.41 bits per heavy atom. The fraction of sp³-hybridized carbons (Fsp3) is 0.833. The normalized spacial score (nSPS) is 24.7. The zero-order valence-corrected chi connectivity index (χ0v) is 11.0. The third kappa shape index (κ3) is 2.60. The Kier molecular flexibility index (Phi) is 4.14. The zero-order valence-electron chi connectivity index (χ0n) is 11.0. The van der Waals surface area contributed by atoms with E-state index in [0.29, 0.717) is 13.1 Å². The summed E-state index contributed by atoms with van der Waals surface area (Å²) in [7, 11) is 0. The molecule has 2 atom stereocenters. The van der Waals surface area contributed by atoms with Crippen LogP contribution in [0.2, 0.25) is 0 Å². The van der Waals surface area contributed by atoms with Crippen LogP contribution in [0.5, 0.6) is 0 Å². The van der Waals surface area contributed by atoms with Crippen LogP contribution >= 0.6 is 0 Å². The summed E-state index contributed by atoms with van der Waals surface area (Å²) in [6, 6.07) is 0. The lowest BCUT2D eigenvalue weighted by molar-refractivity contribution is -0.158. The maximum Gasteiger partial charge on any atom is 0.329 e. The molecule has 0 aromatic heterocycles. The van der Waals surface area contributed by atoms with Gasteiger partial charge >= 0.3 is 5.97 Å². The number of carbonyl (C=O) groups excluding carboxylic acids is 1. The SMILES string of the molecule is CCN(C(=O)[C@@H]1CNC[C@H]1C)C(C)(C)C(=O)O. The van der Waals surface area contributed by atoms with Crippen molar-refractivity contribution in [2.24, 2.45) is 11.8 Å². The summed E-state index contributed by atoms with van der Waals surface area (Å²) >= 11 is 0. The topological polar surface area (TPSA) is 69.6 Å². The Bertz CT molecular complexity index is 315. The molecule has 2 N–H and O–H groups in total. The van der Waals surface area contributed by atoms with E-state index in [-0.39, 0.29) is 17.7 Å². The molecule has 0 spiro atoms. The molecule has 1 fully saturated rings. The number of hydrogen-bond donors (Lipinski definition) is 2. The van der Waals surface area contributed by atoms with Crippen LogP contribution in [0, 0.1) is 11.8 Å². The highest BCUT2D eigenvalue weighted by atomic mass is 16.4. The molecule has 17 heavy (non-hydrogen) atoms. The van der Waals surface area contributed by atoms with Crippen molar-refractivity contribution in [1.29, 1.82) is 0 Å². The standard InChI is InChI=1S/C12H22N2O3/c1-5-14(12(3,4)11(16)17)10(15)9-7-13-6-8(9)2/h8-9,13H,5-7H2,1-4H3,(H,16,17)/t8-,9-/m1/s1. The molecule has 0 unspecified atom stereocenters. The van der Waals surface area contributed by atoms with E-state index in [1.54, 1.807) is 13.8 Å². The monoisotopic (exact) mass is 242 g/mol. The Morgan fingerprint density at radius 2 is 2.00 bits per heavy atom. The molecule has 1 aliphatic heterocycles. The number of rotatable bonds is 4. The second-order valence-corrected chi connectivity index (χ2v) is 5.19. The van der Waals surface area contributed by atoms with Gasteiger partial charge in [-0.05, 0) is 33.2 Å². The maximum absolute atomic E-state index is 12.4. The molecule has 1 saturated heterocycles. The Morgan fingerprint density at radius 3 is 2.35 bits per heavy atom. The van der Waals surface area contributed by atoms with Gasteiger partial charge in [-0.15, -0.1) is 0 Å². The van der Waals surface area contributed by atoms with Crippen LogP contribution in [0.25, 0.3) is 0 Å². The van der Waals surface area contributed by atoms with Crippen LogP contribution in [-0.4, -0.2) is 47.1 Å². The number of nitrogens with zero attached hydrogens (tertiary/aromatic N) is 1. The van der Waals surface area contributed by atoms with E-state index in [2.05, 4.69) is 5.32 Å². The summed E-state index contributed by atoms with van der Waals surface area (Å²) in [5.41, 5.74) is -1.14. The minimum atomic E-state index is -1.14. The lowest BCUT2D eigenvalue weighted by atomic mass is 9.93.